The van der Waals surface area contributed by atoms with Gasteiger partial charge in [-0.15, -0.1) is 0 Å². The molecule has 0 aliphatic carbocycles. The van der Waals surface area contributed by atoms with Gasteiger partial charge in [-0.3, -0.25) is 9.59 Å². The zero-order chi connectivity index (χ0) is 18.9. The molecule has 0 bridgehead atoms. The monoisotopic (exact) mass is 374 g/mol. The van der Waals surface area contributed by atoms with Gasteiger partial charge in [0.2, 0.25) is 0 Å². The second-order valence-corrected chi connectivity index (χ2v) is 6.07. The summed E-state index contributed by atoms with van der Waals surface area (Å²) in [5, 5.41) is 15.0. The lowest BCUT2D eigenvalue weighted by Gasteiger charge is -2.14. The molecule has 0 aliphatic rings. The fraction of sp³-hybridized carbons (Fsp3) is 0.211. The van der Waals surface area contributed by atoms with Gasteiger partial charge in [-0.05, 0) is 49.2 Å². The van der Waals surface area contributed by atoms with Crippen molar-refractivity contribution in [1.82, 2.24) is 10.6 Å². The van der Waals surface area contributed by atoms with Gasteiger partial charge in [-0.25, -0.2) is 4.79 Å². The molecule has 0 unspecified atom stereocenters. The van der Waals surface area contributed by atoms with Crippen molar-refractivity contribution < 1.29 is 19.5 Å². The molecule has 7 heteroatoms. The van der Waals surface area contributed by atoms with Crippen LogP contribution in [0.4, 0.5) is 0 Å². The van der Waals surface area contributed by atoms with Gasteiger partial charge < -0.3 is 15.7 Å². The average molecular weight is 375 g/mol. The molecule has 0 saturated heterocycles. The van der Waals surface area contributed by atoms with Crippen LogP contribution >= 0.6 is 11.6 Å². The summed E-state index contributed by atoms with van der Waals surface area (Å²) in [7, 11) is 0. The van der Waals surface area contributed by atoms with Crippen LogP contribution in [0.3, 0.4) is 0 Å². The molecule has 0 heterocycles. The van der Waals surface area contributed by atoms with E-state index in [-0.39, 0.29) is 12.3 Å². The Labute approximate surface area is 156 Å². The number of aliphatic carboxylic acids is 1. The zero-order valence-electron chi connectivity index (χ0n) is 13.9. The summed E-state index contributed by atoms with van der Waals surface area (Å²) in [6, 6.07) is 13.8. The van der Waals surface area contributed by atoms with Crippen LogP contribution in [0.15, 0.2) is 54.6 Å². The minimum absolute atomic E-state index is 0.203. The Morgan fingerprint density at radius 2 is 1.54 bits per heavy atom. The minimum atomic E-state index is -1.11. The normalized spacial score (nSPS) is 11.4. The first-order valence-corrected chi connectivity index (χ1v) is 8.47. The third kappa shape index (κ3) is 5.89. The number of carbonyl (C=O) groups is 3. The Kier molecular flexibility index (Phi) is 7.17. The maximum absolute atomic E-state index is 12.1. The van der Waals surface area contributed by atoms with Crippen LogP contribution in [0.2, 0.25) is 5.02 Å². The lowest BCUT2D eigenvalue weighted by Crippen LogP contribution is -2.41. The van der Waals surface area contributed by atoms with Crippen molar-refractivity contribution in [3.8, 4) is 0 Å². The van der Waals surface area contributed by atoms with Crippen molar-refractivity contribution in [3.63, 3.8) is 0 Å². The summed E-state index contributed by atoms with van der Waals surface area (Å²) in [5.74, 6) is -1.82. The quantitative estimate of drug-likeness (QED) is 0.619. The molecule has 1 atom stereocenters. The highest BCUT2D eigenvalue weighted by Crippen LogP contribution is 2.09. The van der Waals surface area contributed by atoms with Crippen LogP contribution in [-0.4, -0.2) is 35.5 Å². The van der Waals surface area contributed by atoms with E-state index in [2.05, 4.69) is 10.6 Å². The molecule has 2 amide bonds. The summed E-state index contributed by atoms with van der Waals surface area (Å²) < 4.78 is 0. The maximum atomic E-state index is 12.1. The van der Waals surface area contributed by atoms with Gasteiger partial charge >= 0.3 is 5.97 Å². The Morgan fingerprint density at radius 1 is 0.923 bits per heavy atom. The molecule has 2 aromatic rings. The fourth-order valence-corrected chi connectivity index (χ4v) is 2.43. The average Bonchev–Trinajstić information content (AvgIpc) is 2.65. The first kappa shape index (κ1) is 19.5. The van der Waals surface area contributed by atoms with E-state index in [4.69, 9.17) is 11.6 Å². The van der Waals surface area contributed by atoms with E-state index in [0.29, 0.717) is 29.1 Å². The van der Waals surface area contributed by atoms with Crippen LogP contribution in [0.25, 0.3) is 0 Å². The first-order chi connectivity index (χ1) is 12.5. The topological polar surface area (TPSA) is 95.5 Å². The lowest BCUT2D eigenvalue weighted by molar-refractivity contribution is -0.139. The van der Waals surface area contributed by atoms with Crippen LogP contribution < -0.4 is 10.6 Å². The number of carboxylic acid groups (broad SMARTS) is 1. The third-order valence-corrected chi connectivity index (χ3v) is 3.95. The summed E-state index contributed by atoms with van der Waals surface area (Å²) in [4.78, 5) is 35.3. The molecule has 0 spiro atoms. The molecule has 0 aromatic heterocycles. The van der Waals surface area contributed by atoms with Crippen LogP contribution in [0, 0.1) is 0 Å². The second-order valence-electron chi connectivity index (χ2n) is 5.64. The number of carbonyl (C=O) groups excluding carboxylic acids is 2. The summed E-state index contributed by atoms with van der Waals surface area (Å²) in [6.07, 6.45) is 0.611. The van der Waals surface area contributed by atoms with Crippen LogP contribution in [-0.2, 0) is 4.79 Å². The van der Waals surface area contributed by atoms with Crippen molar-refractivity contribution in [2.24, 2.45) is 0 Å². The second kappa shape index (κ2) is 9.58. The predicted octanol–water partition coefficient (Wildman–Crippen LogP) is 2.73. The first-order valence-electron chi connectivity index (χ1n) is 8.10. The SMILES string of the molecule is O=C(NCCC[C@H](NC(=O)c1ccccc1)C(=O)O)c1ccc(Cl)cc1. The van der Waals surface area contributed by atoms with Crippen molar-refractivity contribution in [2.45, 2.75) is 18.9 Å². The van der Waals surface area contributed by atoms with Crippen molar-refractivity contribution in [1.29, 1.82) is 0 Å². The van der Waals surface area contributed by atoms with Gasteiger partial charge in [-0.2, -0.15) is 0 Å². The minimum Gasteiger partial charge on any atom is -0.480 e. The van der Waals surface area contributed by atoms with E-state index >= 15 is 0 Å². The standard InChI is InChI=1S/C19H19ClN2O4/c20-15-10-8-14(9-11-15)17(23)21-12-4-7-16(19(25)26)22-18(24)13-5-2-1-3-6-13/h1-3,5-6,8-11,16H,4,7,12H2,(H,21,23)(H,22,24)(H,25,26)/t16-/m0/s1. The van der Waals surface area contributed by atoms with E-state index in [1.165, 1.54) is 0 Å². The zero-order valence-corrected chi connectivity index (χ0v) is 14.7. The summed E-state index contributed by atoms with van der Waals surface area (Å²) in [5.41, 5.74) is 0.872. The molecule has 0 radical (unpaired) electrons. The van der Waals surface area contributed by atoms with Gasteiger partial charge in [0.25, 0.3) is 11.8 Å². The number of halogens is 1. The molecule has 0 fully saturated rings. The lowest BCUT2D eigenvalue weighted by atomic mass is 10.1. The van der Waals surface area contributed by atoms with Gasteiger partial charge in [0, 0.05) is 22.7 Å². The van der Waals surface area contributed by atoms with Crippen molar-refractivity contribution in [2.75, 3.05) is 6.54 Å². The molecular weight excluding hydrogens is 356 g/mol. The number of rotatable bonds is 8. The number of hydrogen-bond acceptors (Lipinski definition) is 3. The van der Waals surface area contributed by atoms with E-state index in [0.717, 1.165) is 0 Å². The van der Waals surface area contributed by atoms with Crippen LogP contribution in [0.1, 0.15) is 33.6 Å². The van der Waals surface area contributed by atoms with E-state index in [9.17, 15) is 19.5 Å². The van der Waals surface area contributed by atoms with Gasteiger partial charge in [0.05, 0.1) is 0 Å². The van der Waals surface area contributed by atoms with Gasteiger partial charge in [0.1, 0.15) is 6.04 Å². The molecule has 136 valence electrons. The molecule has 6 nitrogen and oxygen atoms in total. The Balaban J connectivity index is 1.79. The Morgan fingerprint density at radius 3 is 2.15 bits per heavy atom. The number of benzene rings is 2. The molecule has 3 N–H and O–H groups in total. The van der Waals surface area contributed by atoms with Crippen LogP contribution in [0.5, 0.6) is 0 Å². The maximum Gasteiger partial charge on any atom is 0.326 e. The summed E-state index contributed by atoms with van der Waals surface area (Å²) in [6.45, 7) is 0.298. The third-order valence-electron chi connectivity index (χ3n) is 3.70. The van der Waals surface area contributed by atoms with Crippen molar-refractivity contribution in [3.05, 3.63) is 70.7 Å². The highest BCUT2D eigenvalue weighted by molar-refractivity contribution is 6.30. The number of amides is 2. The van der Waals surface area contributed by atoms with Gasteiger partial charge in [0.15, 0.2) is 0 Å². The largest absolute Gasteiger partial charge is 0.480 e. The highest BCUT2D eigenvalue weighted by Gasteiger charge is 2.20. The smallest absolute Gasteiger partial charge is 0.326 e. The fourth-order valence-electron chi connectivity index (χ4n) is 2.30. The van der Waals surface area contributed by atoms with E-state index in [1.54, 1.807) is 54.6 Å². The van der Waals surface area contributed by atoms with Gasteiger partial charge in [-0.1, -0.05) is 29.8 Å². The number of carboxylic acids is 1. The molecule has 0 saturated carbocycles. The predicted molar refractivity (Wildman–Crippen MR) is 98.4 cm³/mol. The van der Waals surface area contributed by atoms with Crippen molar-refractivity contribution >= 4 is 29.4 Å². The Hall–Kier alpha value is -2.86. The number of nitrogens with one attached hydrogen (secondary N) is 2. The molecule has 26 heavy (non-hydrogen) atoms. The molecular formula is C19H19ClN2O4. The molecule has 2 aromatic carbocycles. The van der Waals surface area contributed by atoms with E-state index < -0.39 is 17.9 Å². The van der Waals surface area contributed by atoms with E-state index in [1.807, 2.05) is 0 Å². The molecule has 0 aliphatic heterocycles. The summed E-state index contributed by atoms with van der Waals surface area (Å²) >= 11 is 5.77. The highest BCUT2D eigenvalue weighted by atomic mass is 35.5. The molecule has 2 rings (SSSR count). The Bertz CT molecular complexity index is 763. The number of hydrogen-bond donors (Lipinski definition) is 3.